The number of hydrogen-bond donors (Lipinski definition) is 0. The third-order valence-electron chi connectivity index (χ3n) is 6.91. The number of methoxy groups -OCH3 is 1. The van der Waals surface area contributed by atoms with Crippen molar-refractivity contribution in [2.45, 2.75) is 123 Å². The van der Waals surface area contributed by atoms with Gasteiger partial charge in [0.25, 0.3) is 0 Å². The van der Waals surface area contributed by atoms with Crippen molar-refractivity contribution in [3.05, 3.63) is 24.8 Å². The van der Waals surface area contributed by atoms with Gasteiger partial charge in [-0.15, -0.1) is 6.58 Å². The number of hydrogen-bond acceptors (Lipinski definition) is 3. The first-order valence-electron chi connectivity index (χ1n) is 12.0. The lowest BCUT2D eigenvalue weighted by atomic mass is 9.88. The Bertz CT molecular complexity index is 521. The molecule has 0 spiro atoms. The van der Waals surface area contributed by atoms with E-state index in [4.69, 9.17) is 13.9 Å². The maximum absolute atomic E-state index is 6.82. The van der Waals surface area contributed by atoms with Crippen LogP contribution < -0.4 is 0 Å². The van der Waals surface area contributed by atoms with E-state index in [9.17, 15) is 0 Å². The van der Waals surface area contributed by atoms with Crippen LogP contribution >= 0.6 is 0 Å². The van der Waals surface area contributed by atoms with Gasteiger partial charge in [-0.2, -0.15) is 0 Å². The molecule has 4 heteroatoms. The summed E-state index contributed by atoms with van der Waals surface area (Å²) in [5.41, 5.74) is 0. The summed E-state index contributed by atoms with van der Waals surface area (Å²) in [5, 5.41) is 0.206. The maximum atomic E-state index is 6.82. The molecule has 1 aliphatic rings. The maximum Gasteiger partial charge on any atom is 0.192 e. The second kappa shape index (κ2) is 12.6. The standard InChI is InChI=1S/C26H50O3Si/c1-11-13-22(27-8)19-25-21(4)16-17-23(28-25)18-24(15-12-14-20(2)3)29-30(9,10)26(5,6)7/h11-12,15,20-25H,1,13-14,16-19H2,2-10H3/b15-12+/t21-,22-,23-,24-,25+/m0/s1. The third kappa shape index (κ3) is 9.38. The van der Waals surface area contributed by atoms with Crippen molar-refractivity contribution < 1.29 is 13.9 Å². The van der Waals surface area contributed by atoms with Crippen LogP contribution in [0.2, 0.25) is 18.1 Å². The monoisotopic (exact) mass is 438 g/mol. The molecule has 0 aliphatic carbocycles. The van der Waals surface area contributed by atoms with Gasteiger partial charge in [0.2, 0.25) is 0 Å². The molecule has 1 aliphatic heterocycles. The molecular formula is C26H50O3Si. The molecule has 0 bridgehead atoms. The first-order chi connectivity index (χ1) is 13.9. The van der Waals surface area contributed by atoms with E-state index in [2.05, 4.69) is 73.4 Å². The molecule has 1 heterocycles. The SMILES string of the molecule is C=CC[C@@H](C[C@H]1O[C@H](C[C@H](/C=C/CC(C)C)O[Si](C)(C)C(C)(C)C)CC[C@@H]1C)OC. The third-order valence-corrected chi connectivity index (χ3v) is 11.4. The van der Waals surface area contributed by atoms with Gasteiger partial charge in [0, 0.05) is 20.0 Å². The largest absolute Gasteiger partial charge is 0.410 e. The molecule has 0 aromatic rings. The van der Waals surface area contributed by atoms with E-state index in [0.717, 1.165) is 32.1 Å². The van der Waals surface area contributed by atoms with E-state index < -0.39 is 8.32 Å². The highest BCUT2D eigenvalue weighted by Crippen LogP contribution is 2.39. The normalized spacial score (nSPS) is 25.6. The van der Waals surface area contributed by atoms with Crippen LogP contribution in [-0.4, -0.2) is 39.8 Å². The summed E-state index contributed by atoms with van der Waals surface area (Å²) in [6, 6.07) is 0. The molecule has 5 atom stereocenters. The molecule has 176 valence electrons. The van der Waals surface area contributed by atoms with Crippen LogP contribution in [0.1, 0.15) is 80.1 Å². The second-order valence-electron chi connectivity index (χ2n) is 11.2. The van der Waals surface area contributed by atoms with Gasteiger partial charge in [-0.05, 0) is 55.7 Å². The number of rotatable bonds is 12. The fraction of sp³-hybridized carbons (Fsp3) is 0.846. The van der Waals surface area contributed by atoms with Gasteiger partial charge in [0.1, 0.15) is 0 Å². The summed E-state index contributed by atoms with van der Waals surface area (Å²) in [7, 11) is -0.0474. The van der Waals surface area contributed by atoms with Crippen LogP contribution in [-0.2, 0) is 13.9 Å². The zero-order valence-electron chi connectivity index (χ0n) is 21.4. The molecule has 3 nitrogen and oxygen atoms in total. The van der Waals surface area contributed by atoms with Crippen LogP contribution in [0.4, 0.5) is 0 Å². The predicted octanol–water partition coefficient (Wildman–Crippen LogP) is 7.53. The zero-order valence-corrected chi connectivity index (χ0v) is 22.4. The van der Waals surface area contributed by atoms with Crippen molar-refractivity contribution in [2.24, 2.45) is 11.8 Å². The van der Waals surface area contributed by atoms with E-state index in [1.54, 1.807) is 7.11 Å². The quantitative estimate of drug-likeness (QED) is 0.233. The average Bonchev–Trinajstić information content (AvgIpc) is 2.62. The highest BCUT2D eigenvalue weighted by Gasteiger charge is 2.40. The van der Waals surface area contributed by atoms with Gasteiger partial charge in [0.15, 0.2) is 8.32 Å². The molecule has 0 aromatic heterocycles. The molecule has 30 heavy (non-hydrogen) atoms. The summed E-state index contributed by atoms with van der Waals surface area (Å²) in [6.45, 7) is 22.3. The average molecular weight is 439 g/mol. The Morgan fingerprint density at radius 1 is 1.13 bits per heavy atom. The van der Waals surface area contributed by atoms with Gasteiger partial charge in [0.05, 0.1) is 24.4 Å². The fourth-order valence-corrected chi connectivity index (χ4v) is 5.05. The van der Waals surface area contributed by atoms with Crippen molar-refractivity contribution >= 4 is 8.32 Å². The van der Waals surface area contributed by atoms with Crippen molar-refractivity contribution in [3.63, 3.8) is 0 Å². The van der Waals surface area contributed by atoms with Gasteiger partial charge < -0.3 is 13.9 Å². The predicted molar refractivity (Wildman–Crippen MR) is 133 cm³/mol. The Morgan fingerprint density at radius 2 is 1.80 bits per heavy atom. The van der Waals surface area contributed by atoms with E-state index in [1.807, 2.05) is 6.08 Å². The molecular weight excluding hydrogens is 388 g/mol. The van der Waals surface area contributed by atoms with Crippen molar-refractivity contribution in [1.29, 1.82) is 0 Å². The summed E-state index contributed by atoms with van der Waals surface area (Å²) in [5.74, 6) is 1.24. The molecule has 0 N–H and O–H groups in total. The molecule has 0 radical (unpaired) electrons. The van der Waals surface area contributed by atoms with Crippen LogP contribution in [0.25, 0.3) is 0 Å². The summed E-state index contributed by atoms with van der Waals surface area (Å²) >= 11 is 0. The second-order valence-corrected chi connectivity index (χ2v) is 15.9. The first kappa shape index (κ1) is 27.6. The van der Waals surface area contributed by atoms with Gasteiger partial charge in [-0.1, -0.05) is 59.8 Å². The highest BCUT2D eigenvalue weighted by atomic mass is 28.4. The van der Waals surface area contributed by atoms with Gasteiger partial charge in [-0.25, -0.2) is 0 Å². The van der Waals surface area contributed by atoms with Crippen LogP contribution in [0.5, 0.6) is 0 Å². The number of ether oxygens (including phenoxy) is 2. The first-order valence-corrected chi connectivity index (χ1v) is 14.9. The lowest BCUT2D eigenvalue weighted by molar-refractivity contribution is -0.107. The Morgan fingerprint density at radius 3 is 2.33 bits per heavy atom. The minimum atomic E-state index is -1.84. The Balaban J connectivity index is 2.85. The minimum absolute atomic E-state index is 0.134. The Labute approximate surface area is 188 Å². The molecule has 0 aromatic carbocycles. The topological polar surface area (TPSA) is 27.7 Å². The van der Waals surface area contributed by atoms with Crippen LogP contribution in [0, 0.1) is 11.8 Å². The molecule has 1 saturated heterocycles. The lowest BCUT2D eigenvalue weighted by Crippen LogP contribution is -2.45. The molecule has 0 saturated carbocycles. The van der Waals surface area contributed by atoms with E-state index in [0.29, 0.717) is 11.8 Å². The van der Waals surface area contributed by atoms with Crippen LogP contribution in [0.15, 0.2) is 24.8 Å². The lowest BCUT2D eigenvalue weighted by Gasteiger charge is -2.41. The Hall–Kier alpha value is -0.423. The minimum Gasteiger partial charge on any atom is -0.410 e. The summed E-state index contributed by atoms with van der Waals surface area (Å²) in [4.78, 5) is 0. The van der Waals surface area contributed by atoms with Gasteiger partial charge >= 0.3 is 0 Å². The van der Waals surface area contributed by atoms with Crippen molar-refractivity contribution in [3.8, 4) is 0 Å². The fourth-order valence-electron chi connectivity index (χ4n) is 3.76. The molecule has 1 rings (SSSR count). The van der Waals surface area contributed by atoms with E-state index in [-0.39, 0.29) is 29.5 Å². The molecule has 0 amide bonds. The summed E-state index contributed by atoms with van der Waals surface area (Å²) in [6.07, 6.45) is 13.6. The highest BCUT2D eigenvalue weighted by molar-refractivity contribution is 6.74. The molecule has 1 fully saturated rings. The van der Waals surface area contributed by atoms with Crippen molar-refractivity contribution in [1.82, 2.24) is 0 Å². The van der Waals surface area contributed by atoms with E-state index >= 15 is 0 Å². The smallest absolute Gasteiger partial charge is 0.192 e. The van der Waals surface area contributed by atoms with Crippen molar-refractivity contribution in [2.75, 3.05) is 7.11 Å². The van der Waals surface area contributed by atoms with E-state index in [1.165, 1.54) is 6.42 Å². The number of allylic oxidation sites excluding steroid dienone is 1. The van der Waals surface area contributed by atoms with Gasteiger partial charge in [-0.3, -0.25) is 0 Å². The molecule has 0 unspecified atom stereocenters. The summed E-state index contributed by atoms with van der Waals surface area (Å²) < 4.78 is 19.1. The Kier molecular flexibility index (Phi) is 11.6. The zero-order chi connectivity index (χ0) is 22.9. The van der Waals surface area contributed by atoms with Crippen LogP contribution in [0.3, 0.4) is 0 Å².